The number of halogens is 2. The summed E-state index contributed by atoms with van der Waals surface area (Å²) in [5.41, 5.74) is 1.50. The largest absolute Gasteiger partial charge is 0.484 e. The third-order valence-electron chi connectivity index (χ3n) is 5.83. The monoisotopic (exact) mass is 431 g/mol. The molecule has 2 N–H and O–H groups in total. The number of benzene rings is 1. The molecule has 1 aromatic carbocycles. The number of nitrogens with one attached hydrogen (secondary N) is 2. The molecule has 1 unspecified atom stereocenters. The summed E-state index contributed by atoms with van der Waals surface area (Å²) >= 11 is 5.64. The number of ether oxygens (including phenoxy) is 1. The van der Waals surface area contributed by atoms with E-state index in [1.807, 2.05) is 19.1 Å². The molecule has 3 aliphatic carbocycles. The highest BCUT2D eigenvalue weighted by molar-refractivity contribution is 6.30. The fourth-order valence-electron chi connectivity index (χ4n) is 4.40. The van der Waals surface area contributed by atoms with Gasteiger partial charge in [0.25, 0.3) is 5.91 Å². The molecule has 1 heterocycles. The van der Waals surface area contributed by atoms with Gasteiger partial charge in [-0.05, 0) is 55.9 Å². The smallest absolute Gasteiger partial charge is 0.258 e. The molecule has 1 aromatic heterocycles. The lowest BCUT2D eigenvalue weighted by molar-refractivity contribution is -0.126. The summed E-state index contributed by atoms with van der Waals surface area (Å²) in [4.78, 5) is 28.9. The molecule has 30 heavy (non-hydrogen) atoms. The van der Waals surface area contributed by atoms with Gasteiger partial charge in [0, 0.05) is 29.5 Å². The summed E-state index contributed by atoms with van der Waals surface area (Å²) in [7, 11) is 0. The number of amides is 2. The summed E-state index contributed by atoms with van der Waals surface area (Å²) in [6, 6.07) is 7.91. The summed E-state index contributed by atoms with van der Waals surface area (Å²) in [6.45, 7) is 1.70. The van der Waals surface area contributed by atoms with Crippen LogP contribution in [0.2, 0.25) is 5.02 Å². The number of nitrogens with zero attached hydrogens (tertiary/aromatic N) is 1. The van der Waals surface area contributed by atoms with E-state index in [2.05, 4.69) is 15.6 Å². The Bertz CT molecular complexity index is 961. The van der Waals surface area contributed by atoms with E-state index in [4.69, 9.17) is 16.3 Å². The van der Waals surface area contributed by atoms with E-state index in [0.29, 0.717) is 18.8 Å². The van der Waals surface area contributed by atoms with Crippen LogP contribution in [0.1, 0.15) is 30.5 Å². The van der Waals surface area contributed by atoms with Crippen LogP contribution in [0.5, 0.6) is 5.75 Å². The molecule has 8 heteroatoms. The van der Waals surface area contributed by atoms with E-state index >= 15 is 0 Å². The van der Waals surface area contributed by atoms with Crippen LogP contribution in [0.25, 0.3) is 0 Å². The van der Waals surface area contributed by atoms with Crippen LogP contribution < -0.4 is 15.4 Å². The van der Waals surface area contributed by atoms with Crippen LogP contribution in [0.4, 0.5) is 4.39 Å². The Morgan fingerprint density at radius 2 is 2.03 bits per heavy atom. The minimum atomic E-state index is -0.592. The average molecular weight is 432 g/mol. The molecule has 158 valence electrons. The number of aryl methyl sites for hydroxylation is 1. The maximum atomic E-state index is 13.5. The molecule has 0 radical (unpaired) electrons. The molecule has 3 saturated carbocycles. The molecule has 0 saturated heterocycles. The normalized spacial score (nSPS) is 24.1. The Kier molecular flexibility index (Phi) is 5.64. The first-order chi connectivity index (χ1) is 14.3. The highest BCUT2D eigenvalue weighted by Crippen LogP contribution is 2.52. The van der Waals surface area contributed by atoms with Gasteiger partial charge in [-0.3, -0.25) is 14.6 Å². The second-order valence-corrected chi connectivity index (χ2v) is 8.63. The van der Waals surface area contributed by atoms with Crippen molar-refractivity contribution in [2.45, 2.75) is 44.2 Å². The zero-order valence-electron chi connectivity index (χ0n) is 16.6. The molecule has 1 atom stereocenters. The van der Waals surface area contributed by atoms with Crippen molar-refractivity contribution in [2.24, 2.45) is 5.92 Å². The standard InChI is InChI=1S/C22H23ClFN3O3/c1-13-2-3-14(11-25-13)6-20(28)26-19-10-22(8-15(19)9-22)27-21(29)12-30-16-4-5-17(23)18(24)7-16/h2-5,7,11,15,19H,6,8-10,12H2,1H3,(H,26,28)(H,27,29). The maximum Gasteiger partial charge on any atom is 0.258 e. The molecule has 2 aromatic rings. The molecule has 2 bridgehead atoms. The molecule has 3 aliphatic rings. The Morgan fingerprint density at radius 3 is 2.73 bits per heavy atom. The number of rotatable bonds is 7. The van der Waals surface area contributed by atoms with Gasteiger partial charge < -0.3 is 15.4 Å². The number of carbonyl (C=O) groups excluding carboxylic acids is 2. The van der Waals surface area contributed by atoms with Gasteiger partial charge in [0.15, 0.2) is 6.61 Å². The first kappa shape index (κ1) is 20.6. The minimum absolute atomic E-state index is 0.00360. The SMILES string of the molecule is Cc1ccc(CC(=O)NC2CC3(NC(=O)COc4ccc(Cl)c(F)c4)CC2C3)cn1. The fraction of sp³-hybridized carbons (Fsp3) is 0.409. The van der Waals surface area contributed by atoms with E-state index in [0.717, 1.165) is 30.2 Å². The van der Waals surface area contributed by atoms with Crippen molar-refractivity contribution in [3.05, 3.63) is 58.6 Å². The van der Waals surface area contributed by atoms with Gasteiger partial charge in [-0.25, -0.2) is 4.39 Å². The number of hydrogen-bond acceptors (Lipinski definition) is 4. The van der Waals surface area contributed by atoms with Crippen LogP contribution in [-0.4, -0.2) is 35.0 Å². The van der Waals surface area contributed by atoms with Gasteiger partial charge in [-0.1, -0.05) is 17.7 Å². The Labute approximate surface area is 179 Å². The van der Waals surface area contributed by atoms with E-state index in [1.165, 1.54) is 12.1 Å². The van der Waals surface area contributed by atoms with E-state index < -0.39 is 5.82 Å². The van der Waals surface area contributed by atoms with Crippen molar-refractivity contribution in [2.75, 3.05) is 6.61 Å². The van der Waals surface area contributed by atoms with Crippen molar-refractivity contribution < 1.29 is 18.7 Å². The Hall–Kier alpha value is -2.67. The van der Waals surface area contributed by atoms with Crippen molar-refractivity contribution in [3.8, 4) is 5.75 Å². The van der Waals surface area contributed by atoms with Crippen LogP contribution in [0.15, 0.2) is 36.5 Å². The van der Waals surface area contributed by atoms with E-state index in [1.54, 1.807) is 6.20 Å². The third-order valence-corrected chi connectivity index (χ3v) is 6.14. The van der Waals surface area contributed by atoms with Crippen molar-refractivity contribution in [1.82, 2.24) is 15.6 Å². The second-order valence-electron chi connectivity index (χ2n) is 8.22. The van der Waals surface area contributed by atoms with Crippen LogP contribution >= 0.6 is 11.6 Å². The van der Waals surface area contributed by atoms with Crippen molar-refractivity contribution in [3.63, 3.8) is 0 Å². The van der Waals surface area contributed by atoms with E-state index in [-0.39, 0.29) is 40.8 Å². The lowest BCUT2D eigenvalue weighted by atomic mass is 9.76. The number of carbonyl (C=O) groups is 2. The molecule has 6 nitrogen and oxygen atoms in total. The van der Waals surface area contributed by atoms with Gasteiger partial charge in [0.2, 0.25) is 5.91 Å². The molecule has 0 aliphatic heterocycles. The van der Waals surface area contributed by atoms with Gasteiger partial charge in [-0.15, -0.1) is 0 Å². The third kappa shape index (κ3) is 4.56. The molecule has 0 spiro atoms. The quantitative estimate of drug-likeness (QED) is 0.706. The average Bonchev–Trinajstić information content (AvgIpc) is 3.18. The minimum Gasteiger partial charge on any atom is -0.484 e. The molecule has 5 rings (SSSR count). The summed E-state index contributed by atoms with van der Waals surface area (Å²) in [6.07, 6.45) is 4.40. The Balaban J connectivity index is 1.24. The van der Waals surface area contributed by atoms with Gasteiger partial charge in [0.1, 0.15) is 11.6 Å². The molecule has 3 fully saturated rings. The highest BCUT2D eigenvalue weighted by atomic mass is 35.5. The summed E-state index contributed by atoms with van der Waals surface area (Å²) in [5, 5.41) is 6.13. The molecular weight excluding hydrogens is 409 g/mol. The van der Waals surface area contributed by atoms with Crippen molar-refractivity contribution in [1.29, 1.82) is 0 Å². The van der Waals surface area contributed by atoms with Crippen molar-refractivity contribution >= 4 is 23.4 Å². The summed E-state index contributed by atoms with van der Waals surface area (Å²) in [5.74, 6) is -0.269. The number of fused-ring (bicyclic) bond motifs is 1. The number of pyridine rings is 1. The zero-order chi connectivity index (χ0) is 21.3. The van der Waals surface area contributed by atoms with Crippen LogP contribution in [-0.2, 0) is 16.0 Å². The highest BCUT2D eigenvalue weighted by Gasteiger charge is 2.57. The van der Waals surface area contributed by atoms with Crippen LogP contribution in [0, 0.1) is 18.7 Å². The fourth-order valence-corrected chi connectivity index (χ4v) is 4.52. The first-order valence-electron chi connectivity index (χ1n) is 9.92. The topological polar surface area (TPSA) is 80.3 Å². The van der Waals surface area contributed by atoms with Gasteiger partial charge in [0.05, 0.1) is 11.4 Å². The first-order valence-corrected chi connectivity index (χ1v) is 10.3. The zero-order valence-corrected chi connectivity index (χ0v) is 17.3. The Morgan fingerprint density at radius 1 is 1.23 bits per heavy atom. The maximum absolute atomic E-state index is 13.5. The number of hydrogen-bond donors (Lipinski definition) is 2. The van der Waals surface area contributed by atoms with Gasteiger partial charge >= 0.3 is 0 Å². The predicted octanol–water partition coefficient (Wildman–Crippen LogP) is 2.96. The lowest BCUT2D eigenvalue weighted by Crippen LogP contribution is -2.53. The number of aromatic nitrogens is 1. The van der Waals surface area contributed by atoms with E-state index in [9.17, 15) is 14.0 Å². The van der Waals surface area contributed by atoms with Gasteiger partial charge in [-0.2, -0.15) is 0 Å². The van der Waals surface area contributed by atoms with Crippen LogP contribution in [0.3, 0.4) is 0 Å². The lowest BCUT2D eigenvalue weighted by Gasteiger charge is -2.39. The molecular formula is C22H23ClFN3O3. The molecule has 2 amide bonds. The second kappa shape index (κ2) is 8.22. The predicted molar refractivity (Wildman–Crippen MR) is 110 cm³/mol. The summed E-state index contributed by atoms with van der Waals surface area (Å²) < 4.78 is 18.8.